The van der Waals surface area contributed by atoms with Gasteiger partial charge in [-0.25, -0.2) is 0 Å². The van der Waals surface area contributed by atoms with Crippen LogP contribution in [-0.4, -0.2) is 29.3 Å². The summed E-state index contributed by atoms with van der Waals surface area (Å²) in [7, 11) is 0. The lowest BCUT2D eigenvalue weighted by Crippen LogP contribution is -2.25. The van der Waals surface area contributed by atoms with Crippen LogP contribution in [0.25, 0.3) is 0 Å². The number of non-ortho nitro benzene ring substituents is 1. The summed E-state index contributed by atoms with van der Waals surface area (Å²) in [6.45, 7) is 2.14. The molecule has 1 unspecified atom stereocenters. The van der Waals surface area contributed by atoms with Crippen molar-refractivity contribution in [3.8, 4) is 11.5 Å². The average molecular weight is 303 g/mol. The van der Waals surface area contributed by atoms with Gasteiger partial charge in [-0.1, -0.05) is 17.7 Å². The Morgan fingerprint density at radius 2 is 1.45 bits per heavy atom. The highest BCUT2D eigenvalue weighted by Crippen LogP contribution is 2.17. The van der Waals surface area contributed by atoms with Crippen molar-refractivity contribution >= 4 is 5.69 Å². The van der Waals surface area contributed by atoms with Crippen LogP contribution in [-0.2, 0) is 0 Å². The summed E-state index contributed by atoms with van der Waals surface area (Å²) in [6, 6.07) is 13.2. The van der Waals surface area contributed by atoms with Crippen LogP contribution in [0.15, 0.2) is 48.5 Å². The van der Waals surface area contributed by atoms with Crippen LogP contribution in [0.5, 0.6) is 11.5 Å². The maximum Gasteiger partial charge on any atom is 0.269 e. The largest absolute Gasteiger partial charge is 0.491 e. The maximum absolute atomic E-state index is 10.5. The molecule has 6 heteroatoms. The Morgan fingerprint density at radius 1 is 1.00 bits per heavy atom. The molecule has 0 saturated carbocycles. The van der Waals surface area contributed by atoms with Crippen LogP contribution < -0.4 is 9.47 Å². The van der Waals surface area contributed by atoms with Crippen molar-refractivity contribution in [2.75, 3.05) is 13.2 Å². The summed E-state index contributed by atoms with van der Waals surface area (Å²) in [5, 5.41) is 20.3. The van der Waals surface area contributed by atoms with Gasteiger partial charge >= 0.3 is 0 Å². The molecular weight excluding hydrogens is 286 g/mol. The van der Waals surface area contributed by atoms with Gasteiger partial charge in [0, 0.05) is 12.1 Å². The van der Waals surface area contributed by atoms with Crippen LogP contribution in [0.2, 0.25) is 0 Å². The lowest BCUT2D eigenvalue weighted by Gasteiger charge is -2.13. The zero-order valence-corrected chi connectivity index (χ0v) is 12.1. The predicted molar refractivity (Wildman–Crippen MR) is 81.3 cm³/mol. The SMILES string of the molecule is Cc1ccc(OCC(O)COc2ccc([N+](=O)[O-])cc2)cc1. The number of aliphatic hydroxyl groups is 1. The summed E-state index contributed by atoms with van der Waals surface area (Å²) in [5.74, 6) is 1.14. The zero-order valence-electron chi connectivity index (χ0n) is 12.1. The number of nitro groups is 1. The normalized spacial score (nSPS) is 11.7. The molecule has 116 valence electrons. The first kappa shape index (κ1) is 15.8. The number of hydrogen-bond acceptors (Lipinski definition) is 5. The Labute approximate surface area is 128 Å². The summed E-state index contributed by atoms with van der Waals surface area (Å²) < 4.78 is 10.8. The zero-order chi connectivity index (χ0) is 15.9. The van der Waals surface area contributed by atoms with Gasteiger partial charge in [0.15, 0.2) is 0 Å². The number of benzene rings is 2. The quantitative estimate of drug-likeness (QED) is 0.628. The molecule has 0 bridgehead atoms. The van der Waals surface area contributed by atoms with E-state index in [1.165, 1.54) is 24.3 Å². The van der Waals surface area contributed by atoms with Gasteiger partial charge in [0.25, 0.3) is 5.69 Å². The first-order valence-corrected chi connectivity index (χ1v) is 6.79. The third-order valence-corrected chi connectivity index (χ3v) is 2.95. The molecule has 0 saturated heterocycles. The van der Waals surface area contributed by atoms with Crippen molar-refractivity contribution in [3.05, 3.63) is 64.2 Å². The fraction of sp³-hybridized carbons (Fsp3) is 0.250. The van der Waals surface area contributed by atoms with E-state index < -0.39 is 11.0 Å². The predicted octanol–water partition coefficient (Wildman–Crippen LogP) is 2.72. The minimum atomic E-state index is -0.795. The standard InChI is InChI=1S/C16H17NO5/c1-12-2-6-15(7-3-12)21-10-14(18)11-22-16-8-4-13(5-9-16)17(19)20/h2-9,14,18H,10-11H2,1H3. The van der Waals surface area contributed by atoms with Crippen molar-refractivity contribution < 1.29 is 19.5 Å². The Morgan fingerprint density at radius 3 is 1.91 bits per heavy atom. The number of rotatable bonds is 7. The topological polar surface area (TPSA) is 81.8 Å². The molecule has 2 rings (SSSR count). The van der Waals surface area contributed by atoms with Crippen LogP contribution >= 0.6 is 0 Å². The van der Waals surface area contributed by atoms with E-state index >= 15 is 0 Å². The van der Waals surface area contributed by atoms with Gasteiger partial charge in [0.1, 0.15) is 30.8 Å². The molecule has 0 heterocycles. The summed E-state index contributed by atoms with van der Waals surface area (Å²) in [5.41, 5.74) is 1.13. The molecule has 0 aromatic heterocycles. The molecule has 0 radical (unpaired) electrons. The Bertz CT molecular complexity index is 609. The van der Waals surface area contributed by atoms with Gasteiger partial charge in [-0.3, -0.25) is 10.1 Å². The van der Waals surface area contributed by atoms with E-state index in [4.69, 9.17) is 9.47 Å². The van der Waals surface area contributed by atoms with E-state index in [1.54, 1.807) is 0 Å². The Balaban J connectivity index is 1.76. The highest BCUT2D eigenvalue weighted by molar-refractivity contribution is 5.36. The van der Waals surface area contributed by atoms with Crippen LogP contribution in [0.4, 0.5) is 5.69 Å². The number of hydrogen-bond donors (Lipinski definition) is 1. The second-order valence-electron chi connectivity index (χ2n) is 4.84. The summed E-state index contributed by atoms with van der Waals surface area (Å²) >= 11 is 0. The Kier molecular flexibility index (Phi) is 5.32. The van der Waals surface area contributed by atoms with Gasteiger partial charge in [0.2, 0.25) is 0 Å². The molecule has 0 aliphatic rings. The van der Waals surface area contributed by atoms with Crippen molar-refractivity contribution in [2.24, 2.45) is 0 Å². The van der Waals surface area contributed by atoms with Gasteiger partial charge < -0.3 is 14.6 Å². The van der Waals surface area contributed by atoms with E-state index in [1.807, 2.05) is 31.2 Å². The Hall–Kier alpha value is -2.60. The second kappa shape index (κ2) is 7.42. The molecule has 2 aromatic rings. The summed E-state index contributed by atoms with van der Waals surface area (Å²) in [6.07, 6.45) is -0.795. The van der Waals surface area contributed by atoms with Crippen LogP contribution in [0.3, 0.4) is 0 Å². The van der Waals surface area contributed by atoms with Gasteiger partial charge in [-0.2, -0.15) is 0 Å². The van der Waals surface area contributed by atoms with E-state index in [9.17, 15) is 15.2 Å². The molecule has 6 nitrogen and oxygen atoms in total. The van der Waals surface area contributed by atoms with Crippen molar-refractivity contribution in [3.63, 3.8) is 0 Å². The highest BCUT2D eigenvalue weighted by atomic mass is 16.6. The lowest BCUT2D eigenvalue weighted by molar-refractivity contribution is -0.384. The number of aliphatic hydroxyl groups excluding tert-OH is 1. The van der Waals surface area contributed by atoms with Crippen LogP contribution in [0.1, 0.15) is 5.56 Å². The summed E-state index contributed by atoms with van der Waals surface area (Å²) in [4.78, 5) is 10.0. The van der Waals surface area contributed by atoms with E-state index in [0.29, 0.717) is 11.5 Å². The van der Waals surface area contributed by atoms with E-state index in [0.717, 1.165) is 5.56 Å². The number of nitro benzene ring substituents is 1. The second-order valence-corrected chi connectivity index (χ2v) is 4.84. The molecule has 0 aliphatic heterocycles. The molecule has 0 aliphatic carbocycles. The third-order valence-electron chi connectivity index (χ3n) is 2.95. The van der Waals surface area contributed by atoms with Crippen molar-refractivity contribution in [1.82, 2.24) is 0 Å². The van der Waals surface area contributed by atoms with Crippen molar-refractivity contribution in [2.45, 2.75) is 13.0 Å². The number of aryl methyl sites for hydroxylation is 1. The molecule has 1 N–H and O–H groups in total. The maximum atomic E-state index is 10.5. The lowest BCUT2D eigenvalue weighted by atomic mass is 10.2. The van der Waals surface area contributed by atoms with Gasteiger partial charge in [0.05, 0.1) is 4.92 Å². The monoisotopic (exact) mass is 303 g/mol. The smallest absolute Gasteiger partial charge is 0.269 e. The van der Waals surface area contributed by atoms with Gasteiger partial charge in [-0.05, 0) is 31.2 Å². The van der Waals surface area contributed by atoms with Gasteiger partial charge in [-0.15, -0.1) is 0 Å². The molecule has 2 aromatic carbocycles. The third kappa shape index (κ3) is 4.75. The molecule has 0 spiro atoms. The van der Waals surface area contributed by atoms with E-state index in [2.05, 4.69) is 0 Å². The number of ether oxygens (including phenoxy) is 2. The highest BCUT2D eigenvalue weighted by Gasteiger charge is 2.08. The fourth-order valence-corrected chi connectivity index (χ4v) is 1.73. The minimum absolute atomic E-state index is 0.00407. The van der Waals surface area contributed by atoms with Crippen molar-refractivity contribution in [1.29, 1.82) is 0 Å². The molecular formula is C16H17NO5. The molecule has 22 heavy (non-hydrogen) atoms. The van der Waals surface area contributed by atoms with Crippen LogP contribution in [0, 0.1) is 17.0 Å². The minimum Gasteiger partial charge on any atom is -0.491 e. The fourth-order valence-electron chi connectivity index (χ4n) is 1.73. The molecule has 1 atom stereocenters. The molecule has 0 amide bonds. The molecule has 0 fully saturated rings. The average Bonchev–Trinajstić information content (AvgIpc) is 2.52. The van der Waals surface area contributed by atoms with E-state index in [-0.39, 0.29) is 18.9 Å². The first-order chi connectivity index (χ1) is 10.5. The first-order valence-electron chi connectivity index (χ1n) is 6.79. The number of nitrogens with zero attached hydrogens (tertiary/aromatic N) is 1.